The molecular formula is C20H20ClNO4. The summed E-state index contributed by atoms with van der Waals surface area (Å²) in [5, 5.41) is 0.614. The quantitative estimate of drug-likeness (QED) is 0.694. The zero-order valence-corrected chi connectivity index (χ0v) is 15.1. The molecule has 5 nitrogen and oxygen atoms in total. The van der Waals surface area contributed by atoms with Crippen molar-refractivity contribution in [2.24, 2.45) is 0 Å². The number of nitrogens with zero attached hydrogens (tertiary/aromatic N) is 1. The molecule has 0 N–H and O–H groups in total. The van der Waals surface area contributed by atoms with E-state index in [1.165, 1.54) is 0 Å². The van der Waals surface area contributed by atoms with E-state index in [-0.39, 0.29) is 19.1 Å². The van der Waals surface area contributed by atoms with Crippen LogP contribution in [0.4, 0.5) is 0 Å². The fraction of sp³-hybridized carbons (Fsp3) is 0.300. The van der Waals surface area contributed by atoms with Crippen LogP contribution < -0.4 is 4.74 Å². The van der Waals surface area contributed by atoms with Gasteiger partial charge in [0.15, 0.2) is 0 Å². The fourth-order valence-electron chi connectivity index (χ4n) is 2.80. The highest BCUT2D eigenvalue weighted by Gasteiger charge is 2.20. The minimum atomic E-state index is -0.466. The van der Waals surface area contributed by atoms with Crippen molar-refractivity contribution in [1.82, 2.24) is 4.90 Å². The first-order valence-corrected chi connectivity index (χ1v) is 8.93. The Hall–Kier alpha value is -2.53. The number of rotatable bonds is 7. The van der Waals surface area contributed by atoms with Crippen LogP contribution in [-0.2, 0) is 16.1 Å². The Morgan fingerprint density at radius 1 is 1.12 bits per heavy atom. The van der Waals surface area contributed by atoms with Gasteiger partial charge in [-0.3, -0.25) is 4.79 Å². The minimum absolute atomic E-state index is 0.115. The van der Waals surface area contributed by atoms with Gasteiger partial charge in [0.05, 0.1) is 6.54 Å². The van der Waals surface area contributed by atoms with E-state index < -0.39 is 5.97 Å². The third-order valence-corrected chi connectivity index (χ3v) is 4.58. The molecule has 0 radical (unpaired) electrons. The predicted molar refractivity (Wildman–Crippen MR) is 98.3 cm³/mol. The summed E-state index contributed by atoms with van der Waals surface area (Å²) in [5.41, 5.74) is 1.19. The van der Waals surface area contributed by atoms with Crippen molar-refractivity contribution in [2.75, 3.05) is 19.7 Å². The predicted octanol–water partition coefficient (Wildman–Crippen LogP) is 3.70. The van der Waals surface area contributed by atoms with E-state index in [9.17, 15) is 9.59 Å². The number of halogens is 1. The van der Waals surface area contributed by atoms with Crippen molar-refractivity contribution in [3.05, 3.63) is 64.7 Å². The summed E-state index contributed by atoms with van der Waals surface area (Å²) in [6.45, 7) is 1.58. The normalized spacial score (nSPS) is 13.7. The lowest BCUT2D eigenvalue weighted by Gasteiger charge is -2.16. The Kier molecular flexibility index (Phi) is 6.12. The molecule has 0 bridgehead atoms. The number of likely N-dealkylation sites (tertiary alicyclic amines) is 1. The van der Waals surface area contributed by atoms with Gasteiger partial charge in [0.2, 0.25) is 5.91 Å². The number of hydrogen-bond acceptors (Lipinski definition) is 4. The highest BCUT2D eigenvalue weighted by Crippen LogP contribution is 2.22. The van der Waals surface area contributed by atoms with Gasteiger partial charge in [-0.25, -0.2) is 4.79 Å². The average Bonchev–Trinajstić information content (AvgIpc) is 3.06. The molecule has 3 rings (SSSR count). The smallest absolute Gasteiger partial charge is 0.341 e. The van der Waals surface area contributed by atoms with Gasteiger partial charge in [0.1, 0.15) is 24.5 Å². The van der Waals surface area contributed by atoms with E-state index in [0.29, 0.717) is 29.3 Å². The summed E-state index contributed by atoms with van der Waals surface area (Å²) in [5.74, 6) is 0.0885. The molecule has 0 aromatic heterocycles. The molecule has 1 amide bonds. The molecule has 2 aromatic rings. The monoisotopic (exact) mass is 373 g/mol. The van der Waals surface area contributed by atoms with Crippen LogP contribution in [0.3, 0.4) is 0 Å². The number of carbonyl (C=O) groups excluding carboxylic acids is 2. The van der Waals surface area contributed by atoms with Crippen LogP contribution in [0.25, 0.3) is 0 Å². The van der Waals surface area contributed by atoms with Gasteiger partial charge in [0.25, 0.3) is 0 Å². The summed E-state index contributed by atoms with van der Waals surface area (Å²) in [6.07, 6.45) is 1.44. The Bertz CT molecular complexity index is 793. The van der Waals surface area contributed by atoms with Crippen LogP contribution in [-0.4, -0.2) is 36.5 Å². The first kappa shape index (κ1) is 18.3. The summed E-state index contributed by atoms with van der Waals surface area (Å²) >= 11 is 6.13. The van der Waals surface area contributed by atoms with Gasteiger partial charge < -0.3 is 14.4 Å². The second-order valence-electron chi connectivity index (χ2n) is 6.00. The first-order chi connectivity index (χ1) is 12.6. The molecule has 1 saturated heterocycles. The van der Waals surface area contributed by atoms with Crippen molar-refractivity contribution in [3.63, 3.8) is 0 Å². The van der Waals surface area contributed by atoms with E-state index in [1.54, 1.807) is 35.2 Å². The maximum atomic E-state index is 12.4. The Balaban J connectivity index is 1.58. The standard InChI is InChI=1S/C20H20ClNO4/c21-17-8-3-1-6-15(17)14-26-18-9-4-2-7-16(18)20(24)25-13-12-22-11-5-10-19(22)23/h1-4,6-9H,5,10-14H2. The Labute approximate surface area is 157 Å². The Morgan fingerprint density at radius 2 is 1.88 bits per heavy atom. The lowest BCUT2D eigenvalue weighted by atomic mass is 10.2. The van der Waals surface area contributed by atoms with Crippen molar-refractivity contribution in [2.45, 2.75) is 19.4 Å². The van der Waals surface area contributed by atoms with Crippen LogP contribution in [0.1, 0.15) is 28.8 Å². The maximum Gasteiger partial charge on any atom is 0.341 e. The summed E-state index contributed by atoms with van der Waals surface area (Å²) in [4.78, 5) is 25.7. The largest absolute Gasteiger partial charge is 0.488 e. The van der Waals surface area contributed by atoms with Crippen molar-refractivity contribution >= 4 is 23.5 Å². The maximum absolute atomic E-state index is 12.4. The number of para-hydroxylation sites is 1. The molecule has 1 heterocycles. The molecular weight excluding hydrogens is 354 g/mol. The molecule has 2 aromatic carbocycles. The number of hydrogen-bond donors (Lipinski definition) is 0. The van der Waals surface area contributed by atoms with Gasteiger partial charge in [-0.15, -0.1) is 0 Å². The highest BCUT2D eigenvalue weighted by molar-refractivity contribution is 6.31. The van der Waals surface area contributed by atoms with Crippen LogP contribution in [0, 0.1) is 0 Å². The van der Waals surface area contributed by atoms with Crippen LogP contribution in [0.5, 0.6) is 5.75 Å². The molecule has 0 spiro atoms. The first-order valence-electron chi connectivity index (χ1n) is 8.55. The van der Waals surface area contributed by atoms with Gasteiger partial charge in [0, 0.05) is 23.6 Å². The zero-order valence-electron chi connectivity index (χ0n) is 14.3. The fourth-order valence-corrected chi connectivity index (χ4v) is 2.99. The van der Waals surface area contributed by atoms with Gasteiger partial charge in [-0.2, -0.15) is 0 Å². The molecule has 1 fully saturated rings. The molecule has 0 saturated carbocycles. The lowest BCUT2D eigenvalue weighted by molar-refractivity contribution is -0.128. The highest BCUT2D eigenvalue weighted by atomic mass is 35.5. The summed E-state index contributed by atoms with van der Waals surface area (Å²) in [7, 11) is 0. The third kappa shape index (κ3) is 4.55. The van der Waals surface area contributed by atoms with Crippen LogP contribution in [0.15, 0.2) is 48.5 Å². The third-order valence-electron chi connectivity index (χ3n) is 4.21. The van der Waals surface area contributed by atoms with Gasteiger partial charge in [-0.1, -0.05) is 41.9 Å². The second-order valence-corrected chi connectivity index (χ2v) is 6.40. The van der Waals surface area contributed by atoms with E-state index in [1.807, 2.05) is 18.2 Å². The minimum Gasteiger partial charge on any atom is -0.488 e. The lowest BCUT2D eigenvalue weighted by Crippen LogP contribution is -2.29. The SMILES string of the molecule is O=C(OCCN1CCCC1=O)c1ccccc1OCc1ccccc1Cl. The van der Waals surface area contributed by atoms with E-state index in [4.69, 9.17) is 21.1 Å². The Morgan fingerprint density at radius 3 is 2.65 bits per heavy atom. The molecule has 136 valence electrons. The molecule has 6 heteroatoms. The molecule has 26 heavy (non-hydrogen) atoms. The molecule has 0 aliphatic carbocycles. The average molecular weight is 374 g/mol. The van der Waals surface area contributed by atoms with E-state index in [2.05, 4.69) is 0 Å². The number of ether oxygens (including phenoxy) is 2. The van der Waals surface area contributed by atoms with Crippen LogP contribution in [0.2, 0.25) is 5.02 Å². The van der Waals surface area contributed by atoms with Gasteiger partial charge >= 0.3 is 5.97 Å². The summed E-state index contributed by atoms with van der Waals surface area (Å²) < 4.78 is 11.1. The number of esters is 1. The molecule has 1 aliphatic heterocycles. The summed E-state index contributed by atoms with van der Waals surface area (Å²) in [6, 6.07) is 14.3. The van der Waals surface area contributed by atoms with Gasteiger partial charge in [-0.05, 0) is 24.6 Å². The van der Waals surface area contributed by atoms with Crippen molar-refractivity contribution < 1.29 is 19.1 Å². The van der Waals surface area contributed by atoms with E-state index >= 15 is 0 Å². The molecule has 0 unspecified atom stereocenters. The van der Waals surface area contributed by atoms with Crippen molar-refractivity contribution in [3.8, 4) is 5.75 Å². The topological polar surface area (TPSA) is 55.8 Å². The van der Waals surface area contributed by atoms with E-state index in [0.717, 1.165) is 18.5 Å². The number of carbonyl (C=O) groups is 2. The zero-order chi connectivity index (χ0) is 18.4. The number of amides is 1. The number of benzene rings is 2. The molecule has 1 aliphatic rings. The molecule has 0 atom stereocenters. The van der Waals surface area contributed by atoms with Crippen LogP contribution >= 0.6 is 11.6 Å². The van der Waals surface area contributed by atoms with Crippen molar-refractivity contribution in [1.29, 1.82) is 0 Å². The second kappa shape index (κ2) is 8.72.